The fourth-order valence-corrected chi connectivity index (χ4v) is 2.52. The van der Waals surface area contributed by atoms with E-state index >= 15 is 0 Å². The largest absolute Gasteiger partial charge is 0.394 e. The lowest BCUT2D eigenvalue weighted by atomic mass is 10.2. The molecule has 0 bridgehead atoms. The molecule has 0 fully saturated rings. The lowest BCUT2D eigenvalue weighted by Gasteiger charge is -2.07. The summed E-state index contributed by atoms with van der Waals surface area (Å²) in [6.07, 6.45) is 0.415. The number of aliphatic hydroxyl groups excluding tert-OH is 1. The fourth-order valence-electron chi connectivity index (χ4n) is 2.52. The molecule has 1 amide bonds. The molecular weight excluding hydrogens is 367 g/mol. The molecule has 9 nitrogen and oxygen atoms in total. The first kappa shape index (κ1) is 19.6. The van der Waals surface area contributed by atoms with Crippen LogP contribution < -0.4 is 10.6 Å². The van der Waals surface area contributed by atoms with Crippen LogP contribution in [0.1, 0.15) is 16.2 Å². The van der Waals surface area contributed by atoms with Gasteiger partial charge < -0.3 is 20.5 Å². The zero-order chi connectivity index (χ0) is 19.8. The van der Waals surface area contributed by atoms with E-state index in [1.165, 1.54) is 18.2 Å². The SMILES string of the molecule is O=C(NCCc1nnc2ccc(NCCOCCO)nn12)c1cccc(F)c1. The van der Waals surface area contributed by atoms with E-state index in [1.807, 2.05) is 0 Å². The van der Waals surface area contributed by atoms with E-state index in [-0.39, 0.29) is 18.1 Å². The van der Waals surface area contributed by atoms with Crippen LogP contribution in [0.4, 0.5) is 10.2 Å². The van der Waals surface area contributed by atoms with Gasteiger partial charge in [0.05, 0.1) is 19.8 Å². The van der Waals surface area contributed by atoms with Gasteiger partial charge in [0.15, 0.2) is 11.5 Å². The first-order valence-electron chi connectivity index (χ1n) is 8.85. The molecule has 3 aromatic rings. The van der Waals surface area contributed by atoms with Crippen molar-refractivity contribution in [3.8, 4) is 0 Å². The number of halogens is 1. The number of rotatable bonds is 10. The number of amides is 1. The van der Waals surface area contributed by atoms with Gasteiger partial charge in [-0.05, 0) is 30.3 Å². The van der Waals surface area contributed by atoms with E-state index < -0.39 is 5.82 Å². The summed E-state index contributed by atoms with van der Waals surface area (Å²) in [6, 6.07) is 9.08. The Balaban J connectivity index is 1.55. The maximum atomic E-state index is 13.2. The smallest absolute Gasteiger partial charge is 0.251 e. The molecule has 1 aromatic carbocycles. The molecule has 2 heterocycles. The third-order valence-electron chi connectivity index (χ3n) is 3.84. The fraction of sp³-hybridized carbons (Fsp3) is 0.333. The Hall–Kier alpha value is -3.11. The third kappa shape index (κ3) is 5.21. The van der Waals surface area contributed by atoms with Crippen LogP contribution in [0, 0.1) is 5.82 Å². The molecule has 10 heteroatoms. The highest BCUT2D eigenvalue weighted by Crippen LogP contribution is 2.08. The molecule has 0 aliphatic heterocycles. The van der Waals surface area contributed by atoms with Gasteiger partial charge in [0.2, 0.25) is 0 Å². The van der Waals surface area contributed by atoms with Crippen molar-refractivity contribution in [1.29, 1.82) is 0 Å². The first-order valence-corrected chi connectivity index (χ1v) is 8.85. The van der Waals surface area contributed by atoms with Crippen molar-refractivity contribution in [2.24, 2.45) is 0 Å². The Morgan fingerprint density at radius 1 is 1.18 bits per heavy atom. The van der Waals surface area contributed by atoms with Crippen LogP contribution in [0.15, 0.2) is 36.4 Å². The number of ether oxygens (including phenoxy) is 1. The number of aliphatic hydroxyl groups is 1. The summed E-state index contributed by atoms with van der Waals surface area (Å²) < 4.78 is 20.0. The zero-order valence-corrected chi connectivity index (χ0v) is 15.1. The Morgan fingerprint density at radius 3 is 2.89 bits per heavy atom. The van der Waals surface area contributed by atoms with E-state index in [1.54, 1.807) is 22.7 Å². The molecule has 0 spiro atoms. The molecule has 148 valence electrons. The summed E-state index contributed by atoms with van der Waals surface area (Å²) in [5, 5.41) is 27.1. The average Bonchev–Trinajstić information content (AvgIpc) is 3.10. The van der Waals surface area contributed by atoms with E-state index in [2.05, 4.69) is 25.9 Å². The second-order valence-corrected chi connectivity index (χ2v) is 5.88. The monoisotopic (exact) mass is 388 g/mol. The molecule has 28 heavy (non-hydrogen) atoms. The Bertz CT molecular complexity index is 933. The van der Waals surface area contributed by atoms with Crippen LogP contribution in [0.3, 0.4) is 0 Å². The first-order chi connectivity index (χ1) is 13.7. The topological polar surface area (TPSA) is 114 Å². The van der Waals surface area contributed by atoms with Crippen molar-refractivity contribution in [2.45, 2.75) is 6.42 Å². The minimum absolute atomic E-state index is 0.00989. The highest BCUT2D eigenvalue weighted by atomic mass is 19.1. The van der Waals surface area contributed by atoms with Crippen molar-refractivity contribution < 1.29 is 19.0 Å². The molecule has 0 atom stereocenters. The lowest BCUT2D eigenvalue weighted by molar-refractivity contribution is 0.0953. The average molecular weight is 388 g/mol. The summed E-state index contributed by atoms with van der Waals surface area (Å²) in [6.45, 7) is 1.58. The van der Waals surface area contributed by atoms with Gasteiger partial charge in [0.25, 0.3) is 5.91 Å². The Kier molecular flexibility index (Phi) is 6.82. The molecule has 0 aliphatic rings. The summed E-state index contributed by atoms with van der Waals surface area (Å²) in [4.78, 5) is 12.1. The highest BCUT2D eigenvalue weighted by Gasteiger charge is 2.10. The van der Waals surface area contributed by atoms with Crippen LogP contribution in [-0.4, -0.2) is 63.7 Å². The van der Waals surface area contributed by atoms with Gasteiger partial charge in [0.1, 0.15) is 11.6 Å². The predicted molar refractivity (Wildman–Crippen MR) is 99.6 cm³/mol. The highest BCUT2D eigenvalue weighted by molar-refractivity contribution is 5.94. The van der Waals surface area contributed by atoms with Crippen LogP contribution in [0.5, 0.6) is 0 Å². The number of benzene rings is 1. The number of fused-ring (bicyclic) bond motifs is 1. The maximum Gasteiger partial charge on any atom is 0.251 e. The minimum atomic E-state index is -0.456. The van der Waals surface area contributed by atoms with Crippen molar-refractivity contribution in [2.75, 3.05) is 38.2 Å². The molecule has 0 saturated heterocycles. The second-order valence-electron chi connectivity index (χ2n) is 5.88. The standard InChI is InChI=1S/C18H21FN6O3/c19-14-3-1-2-13(12-14)18(27)21-7-6-17-23-22-16-5-4-15(24-25(16)17)20-8-10-28-11-9-26/h1-5,12,26H,6-11H2,(H,20,24)(H,21,27). The van der Waals surface area contributed by atoms with Gasteiger partial charge in [-0.25, -0.2) is 4.39 Å². The van der Waals surface area contributed by atoms with E-state index in [9.17, 15) is 9.18 Å². The lowest BCUT2D eigenvalue weighted by Crippen LogP contribution is -2.26. The summed E-state index contributed by atoms with van der Waals surface area (Å²) in [5.74, 6) is 0.410. The van der Waals surface area contributed by atoms with E-state index in [4.69, 9.17) is 9.84 Å². The summed E-state index contributed by atoms with van der Waals surface area (Å²) >= 11 is 0. The second kappa shape index (κ2) is 9.72. The molecule has 0 saturated carbocycles. The minimum Gasteiger partial charge on any atom is -0.394 e. The van der Waals surface area contributed by atoms with E-state index in [0.717, 1.165) is 0 Å². The number of carbonyl (C=O) groups is 1. The zero-order valence-electron chi connectivity index (χ0n) is 15.1. The maximum absolute atomic E-state index is 13.2. The van der Waals surface area contributed by atoms with Gasteiger partial charge in [-0.15, -0.1) is 15.3 Å². The van der Waals surface area contributed by atoms with Gasteiger partial charge >= 0.3 is 0 Å². The van der Waals surface area contributed by atoms with Crippen molar-refractivity contribution in [3.63, 3.8) is 0 Å². The van der Waals surface area contributed by atoms with Crippen LogP contribution in [0.25, 0.3) is 5.65 Å². The number of hydrogen-bond donors (Lipinski definition) is 3. The number of aromatic nitrogens is 4. The normalized spacial score (nSPS) is 10.9. The Morgan fingerprint density at radius 2 is 2.07 bits per heavy atom. The summed E-state index contributed by atoms with van der Waals surface area (Å²) in [7, 11) is 0. The molecule has 2 aromatic heterocycles. The van der Waals surface area contributed by atoms with Gasteiger partial charge in [-0.1, -0.05) is 6.07 Å². The quantitative estimate of drug-likeness (QED) is 0.437. The van der Waals surface area contributed by atoms with Crippen LogP contribution in [-0.2, 0) is 11.2 Å². The molecule has 0 unspecified atom stereocenters. The van der Waals surface area contributed by atoms with Crippen molar-refractivity contribution >= 4 is 17.4 Å². The molecular formula is C18H21FN6O3. The predicted octanol–water partition coefficient (Wildman–Crippen LogP) is 0.657. The molecule has 3 rings (SSSR count). The van der Waals surface area contributed by atoms with Crippen molar-refractivity contribution in [1.82, 2.24) is 25.1 Å². The van der Waals surface area contributed by atoms with Crippen LogP contribution in [0.2, 0.25) is 0 Å². The van der Waals surface area contributed by atoms with Gasteiger partial charge in [0, 0.05) is 25.1 Å². The molecule has 0 aliphatic carbocycles. The van der Waals surface area contributed by atoms with Crippen molar-refractivity contribution in [3.05, 3.63) is 53.6 Å². The summed E-state index contributed by atoms with van der Waals surface area (Å²) in [5.41, 5.74) is 0.854. The Labute approximate surface area is 160 Å². The molecule has 0 radical (unpaired) electrons. The van der Waals surface area contributed by atoms with Gasteiger partial charge in [-0.3, -0.25) is 4.79 Å². The number of nitrogens with zero attached hydrogens (tertiary/aromatic N) is 4. The van der Waals surface area contributed by atoms with E-state index in [0.29, 0.717) is 50.0 Å². The third-order valence-corrected chi connectivity index (χ3v) is 3.84. The number of anilines is 1. The number of nitrogens with one attached hydrogen (secondary N) is 2. The van der Waals surface area contributed by atoms with Gasteiger partial charge in [-0.2, -0.15) is 4.52 Å². The molecule has 3 N–H and O–H groups in total. The number of hydrogen-bond acceptors (Lipinski definition) is 7. The number of carbonyl (C=O) groups excluding carboxylic acids is 1. The van der Waals surface area contributed by atoms with Crippen LogP contribution >= 0.6 is 0 Å².